The Hall–Kier alpha value is -2.33. The summed E-state index contributed by atoms with van der Waals surface area (Å²) in [7, 11) is 0. The van der Waals surface area contributed by atoms with Crippen LogP contribution in [0, 0.1) is 11.3 Å². The van der Waals surface area contributed by atoms with Crippen molar-refractivity contribution >= 4 is 17.7 Å². The third-order valence-corrected chi connectivity index (χ3v) is 6.89. The van der Waals surface area contributed by atoms with Crippen LogP contribution in [-0.2, 0) is 11.3 Å². The molecule has 0 saturated heterocycles. The number of nitrogens with zero attached hydrogens (tertiary/aromatic N) is 4. The van der Waals surface area contributed by atoms with Gasteiger partial charge in [0.1, 0.15) is 11.4 Å². The van der Waals surface area contributed by atoms with Crippen molar-refractivity contribution in [2.45, 2.75) is 80.3 Å². The molecule has 29 heavy (non-hydrogen) atoms. The topological polar surface area (TPSA) is 83.6 Å². The number of nitrogens with one attached hydrogen (secondary N) is 1. The van der Waals surface area contributed by atoms with Gasteiger partial charge >= 0.3 is 0 Å². The molecular formula is C22H27N5OS. The van der Waals surface area contributed by atoms with Crippen molar-refractivity contribution in [1.29, 1.82) is 5.26 Å². The van der Waals surface area contributed by atoms with E-state index in [0.717, 1.165) is 55.9 Å². The molecule has 2 fully saturated rings. The van der Waals surface area contributed by atoms with Gasteiger partial charge in [0.05, 0.1) is 17.9 Å². The summed E-state index contributed by atoms with van der Waals surface area (Å²) in [4.78, 5) is 12.9. The van der Waals surface area contributed by atoms with Crippen molar-refractivity contribution in [3.05, 3.63) is 41.7 Å². The summed E-state index contributed by atoms with van der Waals surface area (Å²) in [6.45, 7) is 2.59. The van der Waals surface area contributed by atoms with Gasteiger partial charge in [-0.1, -0.05) is 61.4 Å². The van der Waals surface area contributed by atoms with E-state index >= 15 is 0 Å². The third kappa shape index (κ3) is 4.64. The van der Waals surface area contributed by atoms with E-state index in [9.17, 15) is 10.1 Å². The lowest BCUT2D eigenvalue weighted by molar-refractivity contribution is -0.121. The van der Waals surface area contributed by atoms with Gasteiger partial charge in [-0.05, 0) is 38.2 Å². The zero-order valence-electron chi connectivity index (χ0n) is 16.8. The van der Waals surface area contributed by atoms with Gasteiger partial charge in [-0.25, -0.2) is 0 Å². The highest BCUT2D eigenvalue weighted by molar-refractivity contribution is 8.00. The average Bonchev–Trinajstić information content (AvgIpc) is 3.52. The summed E-state index contributed by atoms with van der Waals surface area (Å²) in [6.07, 6.45) is 6.90. The molecule has 0 radical (unpaired) electrons. The molecule has 1 aromatic heterocycles. The monoisotopic (exact) mass is 409 g/mol. The van der Waals surface area contributed by atoms with E-state index < -0.39 is 5.54 Å². The van der Waals surface area contributed by atoms with E-state index in [4.69, 9.17) is 0 Å². The number of carbonyl (C=O) groups excluding carboxylic acids is 1. The molecule has 0 bridgehead atoms. The largest absolute Gasteiger partial charge is 0.337 e. The minimum Gasteiger partial charge on any atom is -0.337 e. The Morgan fingerprint density at radius 1 is 1.28 bits per heavy atom. The summed E-state index contributed by atoms with van der Waals surface area (Å²) in [5.74, 6) is 1.40. The summed E-state index contributed by atoms with van der Waals surface area (Å²) in [5, 5.41) is 22.0. The van der Waals surface area contributed by atoms with Crippen molar-refractivity contribution in [3.8, 4) is 6.07 Å². The smallest absolute Gasteiger partial charge is 0.234 e. The molecule has 1 N–H and O–H groups in total. The molecule has 2 aliphatic carbocycles. The maximum atomic E-state index is 12.9. The van der Waals surface area contributed by atoms with Crippen LogP contribution in [0.3, 0.4) is 0 Å². The Morgan fingerprint density at radius 2 is 2.00 bits per heavy atom. The maximum absolute atomic E-state index is 12.9. The van der Waals surface area contributed by atoms with Crippen LogP contribution in [0.4, 0.5) is 0 Å². The first kappa shape index (κ1) is 20.0. The third-order valence-electron chi connectivity index (χ3n) is 5.81. The Labute approximate surface area is 176 Å². The van der Waals surface area contributed by atoms with E-state index in [1.807, 2.05) is 25.1 Å². The number of thioether (sulfide) groups is 1. The first-order valence-corrected chi connectivity index (χ1v) is 11.4. The summed E-state index contributed by atoms with van der Waals surface area (Å²) < 4.78 is 2.15. The number of hydrogen-bond acceptors (Lipinski definition) is 5. The zero-order chi connectivity index (χ0) is 20.3. The van der Waals surface area contributed by atoms with E-state index in [-0.39, 0.29) is 11.2 Å². The van der Waals surface area contributed by atoms with Crippen molar-refractivity contribution < 1.29 is 4.79 Å². The number of rotatable bonds is 7. The number of nitriles is 1. The quantitative estimate of drug-likeness (QED) is 0.698. The fourth-order valence-corrected chi connectivity index (χ4v) is 4.77. The first-order valence-electron chi connectivity index (χ1n) is 10.5. The van der Waals surface area contributed by atoms with Crippen LogP contribution in [0.15, 0.2) is 35.5 Å². The fraction of sp³-hybridized carbons (Fsp3) is 0.545. The molecule has 4 rings (SSSR count). The van der Waals surface area contributed by atoms with Crippen molar-refractivity contribution in [2.75, 3.05) is 0 Å². The van der Waals surface area contributed by atoms with Crippen LogP contribution in [0.2, 0.25) is 0 Å². The molecule has 2 aliphatic rings. The standard InChI is InChI=1S/C22H27N5OS/c1-16(20(28)24-22(15-23)12-6-3-7-13-22)29-21-26-25-19(18-10-11-18)27(21)14-17-8-4-2-5-9-17/h2,4-5,8-9,16,18H,3,6-7,10-14H2,1H3,(H,24,28)/t16-/m0/s1. The van der Waals surface area contributed by atoms with Crippen LogP contribution in [-0.4, -0.2) is 31.5 Å². The van der Waals surface area contributed by atoms with Crippen LogP contribution in [0.25, 0.3) is 0 Å². The molecule has 6 nitrogen and oxygen atoms in total. The van der Waals surface area contributed by atoms with Crippen LogP contribution in [0.5, 0.6) is 0 Å². The molecule has 2 saturated carbocycles. The molecule has 1 amide bonds. The van der Waals surface area contributed by atoms with Gasteiger partial charge in [0.25, 0.3) is 0 Å². The minimum atomic E-state index is -0.707. The fourth-order valence-electron chi connectivity index (χ4n) is 3.91. The lowest BCUT2D eigenvalue weighted by atomic mass is 9.83. The molecule has 0 unspecified atom stereocenters. The summed E-state index contributed by atoms with van der Waals surface area (Å²) >= 11 is 1.43. The highest BCUT2D eigenvalue weighted by Crippen LogP contribution is 2.40. The van der Waals surface area contributed by atoms with Gasteiger partial charge in [0.2, 0.25) is 5.91 Å². The van der Waals surface area contributed by atoms with Gasteiger partial charge in [0.15, 0.2) is 5.16 Å². The van der Waals surface area contributed by atoms with Crippen LogP contribution in [0.1, 0.15) is 69.2 Å². The molecule has 1 aromatic carbocycles. The number of aromatic nitrogens is 3. The number of hydrogen-bond donors (Lipinski definition) is 1. The molecule has 1 heterocycles. The van der Waals surface area contributed by atoms with Crippen LogP contribution < -0.4 is 5.32 Å². The Kier molecular flexibility index (Phi) is 5.91. The second-order valence-electron chi connectivity index (χ2n) is 8.19. The average molecular weight is 410 g/mol. The SMILES string of the molecule is C[C@H](Sc1nnc(C2CC2)n1Cc1ccccc1)C(=O)NC1(C#N)CCCCC1. The van der Waals surface area contributed by atoms with Crippen molar-refractivity contribution in [3.63, 3.8) is 0 Å². The van der Waals surface area contributed by atoms with E-state index in [0.29, 0.717) is 12.5 Å². The van der Waals surface area contributed by atoms with Crippen molar-refractivity contribution in [2.24, 2.45) is 0 Å². The second kappa shape index (κ2) is 8.58. The van der Waals surface area contributed by atoms with Gasteiger partial charge < -0.3 is 9.88 Å². The number of amides is 1. The first-order chi connectivity index (χ1) is 14.1. The summed E-state index contributed by atoms with van der Waals surface area (Å²) in [5.41, 5.74) is 0.486. The number of carbonyl (C=O) groups is 1. The normalized spacial score (nSPS) is 19.3. The minimum absolute atomic E-state index is 0.0966. The van der Waals surface area contributed by atoms with Crippen LogP contribution >= 0.6 is 11.8 Å². The lowest BCUT2D eigenvalue weighted by Crippen LogP contribution is -2.51. The molecule has 152 valence electrons. The predicted octanol–water partition coefficient (Wildman–Crippen LogP) is 4.03. The molecule has 0 aliphatic heterocycles. The summed E-state index contributed by atoms with van der Waals surface area (Å²) in [6, 6.07) is 12.6. The molecular weight excluding hydrogens is 382 g/mol. The zero-order valence-corrected chi connectivity index (χ0v) is 17.6. The van der Waals surface area contributed by atoms with Gasteiger partial charge in [-0.15, -0.1) is 10.2 Å². The Bertz CT molecular complexity index is 894. The Balaban J connectivity index is 1.48. The van der Waals surface area contributed by atoms with E-state index in [1.165, 1.54) is 17.3 Å². The van der Waals surface area contributed by atoms with E-state index in [1.54, 1.807) is 0 Å². The molecule has 0 spiro atoms. The Morgan fingerprint density at radius 3 is 2.66 bits per heavy atom. The number of benzene rings is 1. The highest BCUT2D eigenvalue weighted by Gasteiger charge is 2.36. The van der Waals surface area contributed by atoms with E-state index in [2.05, 4.69) is 38.3 Å². The van der Waals surface area contributed by atoms with Gasteiger partial charge in [-0.3, -0.25) is 4.79 Å². The molecule has 7 heteroatoms. The molecule has 2 aromatic rings. The second-order valence-corrected chi connectivity index (χ2v) is 9.50. The lowest BCUT2D eigenvalue weighted by Gasteiger charge is -2.32. The van der Waals surface area contributed by atoms with Gasteiger partial charge in [-0.2, -0.15) is 5.26 Å². The van der Waals surface area contributed by atoms with Gasteiger partial charge in [0, 0.05) is 5.92 Å². The predicted molar refractivity (Wildman–Crippen MR) is 112 cm³/mol. The highest BCUT2D eigenvalue weighted by atomic mass is 32.2. The van der Waals surface area contributed by atoms with Crippen molar-refractivity contribution in [1.82, 2.24) is 20.1 Å². The molecule has 1 atom stereocenters. The maximum Gasteiger partial charge on any atom is 0.234 e.